The van der Waals surface area contributed by atoms with E-state index in [0.717, 1.165) is 0 Å². The van der Waals surface area contributed by atoms with Gasteiger partial charge in [0, 0.05) is 53.6 Å². The lowest BCUT2D eigenvalue weighted by Gasteiger charge is -2.04. The van der Waals surface area contributed by atoms with Crippen molar-refractivity contribution in [2.75, 3.05) is 5.73 Å². The fourth-order valence-corrected chi connectivity index (χ4v) is 3.54. The molecule has 0 saturated heterocycles. The third-order valence-corrected chi connectivity index (χ3v) is 5.45. The fourth-order valence-electron chi connectivity index (χ4n) is 3.16. The number of hydrogen-bond acceptors (Lipinski definition) is 9. The molecule has 12 heteroatoms. The number of aromatic carboxylic acids is 2. The number of thiocarbonyl (C=S) groups is 2. The number of isothiocyanates is 1. The number of rotatable bonds is 8. The number of nitrogens with zero attached hydrogens (tertiary/aromatic N) is 3. The van der Waals surface area contributed by atoms with Gasteiger partial charge in [0.25, 0.3) is 5.91 Å². The maximum atomic E-state index is 12.0. The summed E-state index contributed by atoms with van der Waals surface area (Å²) in [6.45, 7) is 0. The van der Waals surface area contributed by atoms with Gasteiger partial charge in [0.2, 0.25) is 0 Å². The highest BCUT2D eigenvalue weighted by Crippen LogP contribution is 2.10. The number of carbonyl (C=O) groups excluding carboxylic acids is 2. The zero-order valence-electron chi connectivity index (χ0n) is 21.9. The summed E-state index contributed by atoms with van der Waals surface area (Å²) in [4.78, 5) is 55.5. The monoisotopic (exact) mass is 600 g/mol. The summed E-state index contributed by atoms with van der Waals surface area (Å²) in [5.74, 6) is -2.43. The van der Waals surface area contributed by atoms with E-state index >= 15 is 0 Å². The topological polar surface area (TPSA) is 173 Å². The van der Waals surface area contributed by atoms with Gasteiger partial charge in [0.1, 0.15) is 0 Å². The lowest BCUT2D eigenvalue weighted by molar-refractivity contribution is 0.0685. The molecule has 4 rings (SSSR count). The quantitative estimate of drug-likeness (QED) is 0.137. The van der Waals surface area contributed by atoms with Crippen LogP contribution in [0.4, 0.5) is 5.69 Å². The Hall–Kier alpha value is -5.29. The molecule has 2 heterocycles. The molecule has 0 aliphatic carbocycles. The summed E-state index contributed by atoms with van der Waals surface area (Å²) in [7, 11) is 0. The van der Waals surface area contributed by atoms with Gasteiger partial charge in [-0.1, -0.05) is 60.7 Å². The first-order valence-electron chi connectivity index (χ1n) is 12.0. The van der Waals surface area contributed by atoms with Crippen molar-refractivity contribution < 1.29 is 29.4 Å². The summed E-state index contributed by atoms with van der Waals surface area (Å²) in [5, 5.41) is 19.3. The van der Waals surface area contributed by atoms with Crippen LogP contribution < -0.4 is 5.73 Å². The zero-order chi connectivity index (χ0) is 30.9. The van der Waals surface area contributed by atoms with Crippen LogP contribution >= 0.6 is 24.4 Å². The minimum absolute atomic E-state index is 0.0389. The van der Waals surface area contributed by atoms with E-state index in [1.54, 1.807) is 54.7 Å². The molecule has 2 aromatic carbocycles. The van der Waals surface area contributed by atoms with Gasteiger partial charge >= 0.3 is 11.9 Å². The van der Waals surface area contributed by atoms with E-state index in [4.69, 9.17) is 28.2 Å². The van der Waals surface area contributed by atoms with Crippen molar-refractivity contribution in [1.29, 1.82) is 0 Å². The number of carboxylic acids is 2. The van der Waals surface area contributed by atoms with Crippen LogP contribution in [0.15, 0.2) is 103 Å². The molecule has 0 unspecified atom stereocenters. The van der Waals surface area contributed by atoms with Crippen molar-refractivity contribution in [1.82, 2.24) is 9.97 Å². The summed E-state index contributed by atoms with van der Waals surface area (Å²) in [5.41, 5.74) is 7.71. The summed E-state index contributed by atoms with van der Waals surface area (Å²) < 4.78 is 0. The van der Waals surface area contributed by atoms with E-state index < -0.39 is 11.9 Å². The number of anilines is 1. The number of Topliss-reactive ketones (excluding diaryl/α,β-unsaturated/α-hetero) is 1. The molecule has 0 radical (unpaired) electrons. The first-order valence-corrected chi connectivity index (χ1v) is 12.8. The summed E-state index contributed by atoms with van der Waals surface area (Å²) >= 11 is 9.52. The number of carbonyl (C=O) groups is 4. The van der Waals surface area contributed by atoms with Crippen LogP contribution in [0.2, 0.25) is 0 Å². The van der Waals surface area contributed by atoms with Crippen molar-refractivity contribution in [2.45, 2.75) is 12.8 Å². The number of carboxylic acid groups (broad SMARTS) is 2. The molecular weight excluding hydrogens is 576 g/mol. The standard InChI is InChI=1S/C16H13NO3S.C8H5NOS.C6H6N2O2/c18-15(12-4-2-1-3-5-12)8-14(21)7-11-6-13(16(19)20)10-17-9-11;10-8(9-6-11)7-4-2-1-3-5-7;7-5-1-4(6(9)10)2-8-3-5/h1-6,9-10H,7-8H2,(H,19,20);1-5H;1-3H,7H2,(H,9,10). The second-order valence-electron chi connectivity index (χ2n) is 8.25. The van der Waals surface area contributed by atoms with Crippen LogP contribution in [0.3, 0.4) is 0 Å². The highest BCUT2D eigenvalue weighted by molar-refractivity contribution is 7.80. The van der Waals surface area contributed by atoms with Gasteiger partial charge in [-0.2, -0.15) is 4.99 Å². The van der Waals surface area contributed by atoms with E-state index in [-0.39, 0.29) is 29.2 Å². The Morgan fingerprint density at radius 1 is 0.762 bits per heavy atom. The van der Waals surface area contributed by atoms with Crippen LogP contribution in [-0.2, 0) is 6.42 Å². The van der Waals surface area contributed by atoms with Crippen LogP contribution in [0.5, 0.6) is 0 Å². The molecule has 4 aromatic rings. The van der Waals surface area contributed by atoms with Crippen molar-refractivity contribution in [3.8, 4) is 0 Å². The van der Waals surface area contributed by atoms with E-state index in [1.165, 1.54) is 30.7 Å². The average Bonchev–Trinajstić information content (AvgIpc) is 2.99. The second-order valence-corrected chi connectivity index (χ2v) is 9.01. The first kappa shape index (κ1) is 32.9. The van der Waals surface area contributed by atoms with Gasteiger partial charge in [-0.15, -0.1) is 0 Å². The smallest absolute Gasteiger partial charge is 0.337 e. The Labute approximate surface area is 251 Å². The molecule has 212 valence electrons. The largest absolute Gasteiger partial charge is 0.478 e. The number of benzene rings is 2. The predicted octanol–water partition coefficient (Wildman–Crippen LogP) is 5.26. The molecule has 0 aliphatic rings. The molecule has 4 N–H and O–H groups in total. The van der Waals surface area contributed by atoms with Gasteiger partial charge < -0.3 is 15.9 Å². The number of amides is 1. The molecule has 0 atom stereocenters. The average molecular weight is 601 g/mol. The minimum Gasteiger partial charge on any atom is -0.478 e. The van der Waals surface area contributed by atoms with Gasteiger partial charge in [0.05, 0.1) is 22.0 Å². The zero-order valence-corrected chi connectivity index (χ0v) is 23.5. The molecule has 0 bridgehead atoms. The highest BCUT2D eigenvalue weighted by atomic mass is 32.1. The number of hydrogen-bond donors (Lipinski definition) is 3. The Kier molecular flexibility index (Phi) is 13.6. The maximum Gasteiger partial charge on any atom is 0.337 e. The summed E-state index contributed by atoms with van der Waals surface area (Å²) in [6.07, 6.45) is 6.01. The highest BCUT2D eigenvalue weighted by Gasteiger charge is 2.11. The number of aliphatic imine (C=N–C) groups is 1. The lowest BCUT2D eigenvalue weighted by atomic mass is 10.0. The molecule has 10 nitrogen and oxygen atoms in total. The normalized spacial score (nSPS) is 9.43. The molecule has 0 saturated carbocycles. The number of pyridine rings is 2. The van der Waals surface area contributed by atoms with Crippen molar-refractivity contribution in [3.05, 3.63) is 125 Å². The Bertz CT molecular complexity index is 1610. The van der Waals surface area contributed by atoms with Gasteiger partial charge in [0.15, 0.2) is 5.78 Å². The van der Waals surface area contributed by atoms with E-state index in [9.17, 15) is 19.2 Å². The molecule has 0 aliphatic heterocycles. The van der Waals surface area contributed by atoms with Gasteiger partial charge in [-0.3, -0.25) is 19.6 Å². The number of aromatic nitrogens is 2. The SMILES string of the molecule is Nc1cncc(C(=O)O)c1.O=C(N=C=S)c1ccccc1.O=C(O)c1cncc(CC(=S)CC(=O)c2ccccc2)c1. The predicted molar refractivity (Wildman–Crippen MR) is 164 cm³/mol. The van der Waals surface area contributed by atoms with Gasteiger partial charge in [-0.05, 0) is 42.0 Å². The molecular formula is C30H24N4O6S2. The molecule has 2 aromatic heterocycles. The molecule has 0 fully saturated rings. The van der Waals surface area contributed by atoms with Gasteiger partial charge in [-0.25, -0.2) is 9.59 Å². The van der Waals surface area contributed by atoms with Crippen molar-refractivity contribution in [2.24, 2.45) is 4.99 Å². The Morgan fingerprint density at radius 3 is 1.79 bits per heavy atom. The van der Waals surface area contributed by atoms with Crippen LogP contribution in [0, 0.1) is 0 Å². The van der Waals surface area contributed by atoms with Crippen molar-refractivity contribution in [3.63, 3.8) is 0 Å². The van der Waals surface area contributed by atoms with Crippen LogP contribution in [-0.4, -0.2) is 53.8 Å². The third kappa shape index (κ3) is 11.8. The lowest BCUT2D eigenvalue weighted by Crippen LogP contribution is -2.09. The maximum absolute atomic E-state index is 12.0. The van der Waals surface area contributed by atoms with E-state index in [1.807, 2.05) is 17.3 Å². The molecule has 42 heavy (non-hydrogen) atoms. The first-order chi connectivity index (χ1) is 20.1. The second kappa shape index (κ2) is 17.4. The Balaban J connectivity index is 0.000000246. The fraction of sp³-hybridized carbons (Fsp3) is 0.0667. The number of ketones is 1. The van der Waals surface area contributed by atoms with Crippen molar-refractivity contribution >= 4 is 63.8 Å². The number of nitrogen functional groups attached to an aromatic ring is 1. The van der Waals surface area contributed by atoms with E-state index in [2.05, 4.69) is 27.2 Å². The molecule has 1 amide bonds. The Morgan fingerprint density at radius 2 is 1.29 bits per heavy atom. The van der Waals surface area contributed by atoms with E-state index in [0.29, 0.717) is 33.7 Å². The van der Waals surface area contributed by atoms with Crippen LogP contribution in [0.25, 0.3) is 0 Å². The number of nitrogens with two attached hydrogens (primary N) is 1. The molecule has 0 spiro atoms. The summed E-state index contributed by atoms with van der Waals surface area (Å²) in [6, 6.07) is 20.6. The third-order valence-electron chi connectivity index (χ3n) is 5.07. The minimum atomic E-state index is -1.03. The van der Waals surface area contributed by atoms with Crippen LogP contribution in [0.1, 0.15) is 53.4 Å².